The fourth-order valence-corrected chi connectivity index (χ4v) is 1.29. The number of amides is 1. The van der Waals surface area contributed by atoms with Crippen LogP contribution in [0.25, 0.3) is 0 Å². The number of carboxylic acids is 1. The zero-order valence-corrected chi connectivity index (χ0v) is 10.2. The van der Waals surface area contributed by atoms with Gasteiger partial charge in [0, 0.05) is 13.0 Å². The van der Waals surface area contributed by atoms with Crippen molar-refractivity contribution in [2.45, 2.75) is 32.3 Å². The van der Waals surface area contributed by atoms with E-state index in [1.54, 1.807) is 0 Å². The molecule has 18 heavy (non-hydrogen) atoms. The van der Waals surface area contributed by atoms with E-state index in [0.29, 0.717) is 12.2 Å². The first-order valence-electron chi connectivity index (χ1n) is 5.47. The molecular weight excluding hydrogens is 240 g/mol. The van der Waals surface area contributed by atoms with Crippen LogP contribution in [0.4, 0.5) is 0 Å². The number of carbonyl (C=O) groups is 2. The lowest BCUT2D eigenvalue weighted by Gasteiger charge is -2.20. The number of hydrogen-bond acceptors (Lipinski definition) is 5. The van der Waals surface area contributed by atoms with Gasteiger partial charge in [-0.2, -0.15) is 0 Å². The van der Waals surface area contributed by atoms with Crippen molar-refractivity contribution < 1.29 is 19.8 Å². The summed E-state index contributed by atoms with van der Waals surface area (Å²) >= 11 is 0. The molecule has 0 saturated heterocycles. The van der Waals surface area contributed by atoms with Crippen molar-refractivity contribution in [2.24, 2.45) is 0 Å². The van der Waals surface area contributed by atoms with Gasteiger partial charge in [0.25, 0.3) is 5.91 Å². The third-order valence-corrected chi connectivity index (χ3v) is 2.23. The smallest absolute Gasteiger partial charge is 0.306 e. The average molecular weight is 256 g/mol. The molecule has 0 spiro atoms. The second kappa shape index (κ2) is 5.58. The van der Waals surface area contributed by atoms with Crippen LogP contribution in [0.15, 0.2) is 0 Å². The van der Waals surface area contributed by atoms with Gasteiger partial charge in [-0.05, 0) is 6.92 Å². The summed E-state index contributed by atoms with van der Waals surface area (Å²) in [6, 6.07) is 0. The first kappa shape index (κ1) is 14.1. The lowest BCUT2D eigenvalue weighted by molar-refractivity contribution is -0.141. The molecule has 0 aliphatic heterocycles. The maximum Gasteiger partial charge on any atom is 0.306 e. The van der Waals surface area contributed by atoms with E-state index in [1.165, 1.54) is 6.92 Å². The Hall–Kier alpha value is -1.96. The van der Waals surface area contributed by atoms with Crippen LogP contribution in [0.5, 0.6) is 0 Å². The number of aliphatic carboxylic acids is 1. The first-order valence-corrected chi connectivity index (χ1v) is 5.47. The molecule has 1 heterocycles. The predicted octanol–water partition coefficient (Wildman–Crippen LogP) is -0.677. The Morgan fingerprint density at radius 3 is 2.67 bits per heavy atom. The summed E-state index contributed by atoms with van der Waals surface area (Å²) in [5, 5.41) is 26.9. The Labute approximate surface area is 103 Å². The van der Waals surface area contributed by atoms with E-state index in [1.807, 2.05) is 6.92 Å². The van der Waals surface area contributed by atoms with E-state index in [2.05, 4.69) is 20.5 Å². The third-order valence-electron chi connectivity index (χ3n) is 2.23. The molecule has 0 aliphatic rings. The lowest BCUT2D eigenvalue weighted by Crippen LogP contribution is -2.42. The van der Waals surface area contributed by atoms with Crippen LogP contribution in [0, 0.1) is 0 Å². The number of nitrogens with one attached hydrogen (secondary N) is 2. The van der Waals surface area contributed by atoms with Gasteiger partial charge in [0.15, 0.2) is 0 Å². The molecular formula is C10H16N4O4. The van der Waals surface area contributed by atoms with Gasteiger partial charge < -0.3 is 15.5 Å². The van der Waals surface area contributed by atoms with E-state index in [9.17, 15) is 14.7 Å². The van der Waals surface area contributed by atoms with Gasteiger partial charge in [0.2, 0.25) is 5.82 Å². The molecule has 100 valence electrons. The van der Waals surface area contributed by atoms with Crippen molar-refractivity contribution in [3.8, 4) is 0 Å². The number of nitrogens with zero attached hydrogens (tertiary/aromatic N) is 2. The maximum atomic E-state index is 11.6. The van der Waals surface area contributed by atoms with E-state index in [0.717, 1.165) is 0 Å². The summed E-state index contributed by atoms with van der Waals surface area (Å²) < 4.78 is 0. The zero-order valence-electron chi connectivity index (χ0n) is 10.2. The number of H-pyrrole nitrogens is 1. The van der Waals surface area contributed by atoms with Crippen LogP contribution in [0.3, 0.4) is 0 Å². The molecule has 1 amide bonds. The van der Waals surface area contributed by atoms with Crippen LogP contribution < -0.4 is 5.32 Å². The van der Waals surface area contributed by atoms with Crippen LogP contribution in [-0.2, 0) is 11.2 Å². The fraction of sp³-hybridized carbons (Fsp3) is 0.600. The van der Waals surface area contributed by atoms with Crippen LogP contribution >= 0.6 is 0 Å². The Bertz CT molecular complexity index is 441. The number of aromatic nitrogens is 3. The Kier molecular flexibility index (Phi) is 4.38. The molecule has 1 aromatic heterocycles. The largest absolute Gasteiger partial charge is 0.481 e. The highest BCUT2D eigenvalue weighted by molar-refractivity contribution is 5.90. The number of rotatable bonds is 6. The Balaban J connectivity index is 2.53. The molecule has 0 aliphatic carbocycles. The van der Waals surface area contributed by atoms with Gasteiger partial charge >= 0.3 is 5.97 Å². The lowest BCUT2D eigenvalue weighted by atomic mass is 10.0. The monoisotopic (exact) mass is 256 g/mol. The molecule has 1 aromatic rings. The quantitative estimate of drug-likeness (QED) is 0.534. The second-order valence-electron chi connectivity index (χ2n) is 4.21. The minimum absolute atomic E-state index is 0.0297. The standard InChI is InChI=1S/C10H16N4O4/c1-3-6-12-8(14-13-6)9(17)11-5-10(2,18)4-7(15)16/h18H,3-5H2,1-2H3,(H,11,17)(H,15,16)(H,12,13,14). The van der Waals surface area contributed by atoms with Crippen molar-refractivity contribution in [2.75, 3.05) is 6.54 Å². The molecule has 0 fully saturated rings. The summed E-state index contributed by atoms with van der Waals surface area (Å²) in [5.41, 5.74) is -1.51. The fourth-order valence-electron chi connectivity index (χ4n) is 1.29. The van der Waals surface area contributed by atoms with Crippen molar-refractivity contribution in [1.29, 1.82) is 0 Å². The molecule has 1 atom stereocenters. The number of aromatic amines is 1. The Morgan fingerprint density at radius 2 is 2.17 bits per heavy atom. The SMILES string of the molecule is CCc1nc(C(=O)NCC(C)(O)CC(=O)O)n[nH]1. The highest BCUT2D eigenvalue weighted by Gasteiger charge is 2.25. The molecule has 0 saturated carbocycles. The summed E-state index contributed by atoms with van der Waals surface area (Å²) in [4.78, 5) is 26.0. The van der Waals surface area contributed by atoms with Gasteiger partial charge in [0.1, 0.15) is 5.82 Å². The highest BCUT2D eigenvalue weighted by atomic mass is 16.4. The number of aliphatic hydroxyl groups is 1. The van der Waals surface area contributed by atoms with E-state index >= 15 is 0 Å². The van der Waals surface area contributed by atoms with E-state index in [4.69, 9.17) is 5.11 Å². The van der Waals surface area contributed by atoms with E-state index < -0.39 is 23.9 Å². The van der Waals surface area contributed by atoms with Gasteiger partial charge in [-0.1, -0.05) is 6.92 Å². The van der Waals surface area contributed by atoms with Crippen LogP contribution in [-0.4, -0.2) is 49.4 Å². The Morgan fingerprint density at radius 1 is 1.50 bits per heavy atom. The highest BCUT2D eigenvalue weighted by Crippen LogP contribution is 2.07. The minimum atomic E-state index is -1.51. The maximum absolute atomic E-state index is 11.6. The number of carbonyl (C=O) groups excluding carboxylic acids is 1. The van der Waals surface area contributed by atoms with Crippen molar-refractivity contribution in [3.63, 3.8) is 0 Å². The van der Waals surface area contributed by atoms with Crippen molar-refractivity contribution >= 4 is 11.9 Å². The summed E-state index contributed by atoms with van der Waals surface area (Å²) in [7, 11) is 0. The minimum Gasteiger partial charge on any atom is -0.481 e. The second-order valence-corrected chi connectivity index (χ2v) is 4.21. The molecule has 1 rings (SSSR count). The summed E-state index contributed by atoms with van der Waals surface area (Å²) in [5.74, 6) is -1.15. The normalized spacial score (nSPS) is 13.9. The van der Waals surface area contributed by atoms with E-state index in [-0.39, 0.29) is 12.4 Å². The van der Waals surface area contributed by atoms with Gasteiger partial charge in [-0.3, -0.25) is 14.7 Å². The van der Waals surface area contributed by atoms with Crippen LogP contribution in [0.2, 0.25) is 0 Å². The first-order chi connectivity index (χ1) is 8.34. The molecule has 8 heteroatoms. The predicted molar refractivity (Wildman–Crippen MR) is 61.0 cm³/mol. The molecule has 0 radical (unpaired) electrons. The van der Waals surface area contributed by atoms with Crippen molar-refractivity contribution in [1.82, 2.24) is 20.5 Å². The third kappa shape index (κ3) is 4.13. The summed E-state index contributed by atoms with van der Waals surface area (Å²) in [6.07, 6.45) is 0.165. The number of carboxylic acid groups (broad SMARTS) is 1. The van der Waals surface area contributed by atoms with Gasteiger partial charge in [-0.25, -0.2) is 4.98 Å². The summed E-state index contributed by atoms with van der Waals surface area (Å²) in [6.45, 7) is 3.00. The number of hydrogen-bond donors (Lipinski definition) is 4. The molecule has 0 bridgehead atoms. The number of aryl methyl sites for hydroxylation is 1. The molecule has 0 aromatic carbocycles. The zero-order chi connectivity index (χ0) is 13.8. The molecule has 1 unspecified atom stereocenters. The average Bonchev–Trinajstić information content (AvgIpc) is 2.72. The van der Waals surface area contributed by atoms with Crippen molar-refractivity contribution in [3.05, 3.63) is 11.6 Å². The topological polar surface area (TPSA) is 128 Å². The molecule has 8 nitrogen and oxygen atoms in total. The molecule has 4 N–H and O–H groups in total. The van der Waals surface area contributed by atoms with Crippen LogP contribution in [0.1, 0.15) is 36.7 Å². The van der Waals surface area contributed by atoms with Gasteiger partial charge in [-0.15, -0.1) is 5.10 Å². The van der Waals surface area contributed by atoms with Gasteiger partial charge in [0.05, 0.1) is 12.0 Å².